The van der Waals surface area contributed by atoms with Crippen LogP contribution in [0.1, 0.15) is 0 Å². The van der Waals surface area contributed by atoms with Gasteiger partial charge in [0.05, 0.1) is 23.1 Å². The van der Waals surface area contributed by atoms with E-state index in [0.717, 1.165) is 44.4 Å². The van der Waals surface area contributed by atoms with E-state index >= 15 is 0 Å². The first kappa shape index (κ1) is 16.1. The Kier molecular flexibility index (Phi) is 3.54. The molecule has 0 atom stereocenters. The summed E-state index contributed by atoms with van der Waals surface area (Å²) in [5.74, 6) is 0. The van der Waals surface area contributed by atoms with Crippen LogP contribution in [0.5, 0.6) is 0 Å². The fraction of sp³-hybridized carbons (Fsp3) is 0. The molecular formula is C22H14N6S. The van der Waals surface area contributed by atoms with Gasteiger partial charge in [-0.3, -0.25) is 15.1 Å². The fourth-order valence-electron chi connectivity index (χ4n) is 3.64. The van der Waals surface area contributed by atoms with Gasteiger partial charge in [-0.05, 0) is 52.2 Å². The highest BCUT2D eigenvalue weighted by Crippen LogP contribution is 2.34. The number of pyridine rings is 3. The molecule has 6 nitrogen and oxygen atoms in total. The number of thiophene rings is 1. The maximum Gasteiger partial charge on any atom is 0.181 e. The first-order chi connectivity index (χ1) is 14.4. The molecule has 0 saturated heterocycles. The van der Waals surface area contributed by atoms with Crippen molar-refractivity contribution >= 4 is 33.3 Å². The van der Waals surface area contributed by atoms with Crippen LogP contribution in [0.4, 0.5) is 0 Å². The van der Waals surface area contributed by atoms with Gasteiger partial charge in [-0.2, -0.15) is 16.4 Å². The average molecular weight is 394 g/mol. The summed E-state index contributed by atoms with van der Waals surface area (Å²) >= 11 is 1.68. The van der Waals surface area contributed by atoms with Crippen molar-refractivity contribution in [3.63, 3.8) is 0 Å². The quantitative estimate of drug-likeness (QED) is 0.427. The minimum atomic E-state index is 0.688. The maximum absolute atomic E-state index is 4.53. The van der Waals surface area contributed by atoms with Gasteiger partial charge in [-0.25, -0.2) is 4.98 Å². The highest BCUT2D eigenvalue weighted by Gasteiger charge is 2.15. The SMILES string of the molecule is c1cc(-c2cnc3n[nH]c(-c4cc5c(-c6ccsc6)cncc5[nH]4)c3c2)ccn1. The minimum Gasteiger partial charge on any atom is -0.352 e. The van der Waals surface area contributed by atoms with E-state index in [1.54, 1.807) is 23.7 Å². The standard InChI is InChI=1S/C22H14N6S/c1-4-23-5-2-13(1)15-7-17-21(27-28-22(17)25-9-15)19-8-16-18(14-3-6-29-12-14)10-24-11-20(16)26-19/h1-12,26H,(H,25,27,28). The highest BCUT2D eigenvalue weighted by atomic mass is 32.1. The molecule has 6 aromatic heterocycles. The second kappa shape index (κ2) is 6.35. The fourth-order valence-corrected chi connectivity index (χ4v) is 4.30. The summed E-state index contributed by atoms with van der Waals surface area (Å²) < 4.78 is 0. The van der Waals surface area contributed by atoms with E-state index in [4.69, 9.17) is 0 Å². The van der Waals surface area contributed by atoms with E-state index in [0.29, 0.717) is 5.65 Å². The van der Waals surface area contributed by atoms with E-state index in [9.17, 15) is 0 Å². The van der Waals surface area contributed by atoms with Crippen LogP contribution in [-0.2, 0) is 0 Å². The number of hydrogen-bond acceptors (Lipinski definition) is 5. The summed E-state index contributed by atoms with van der Waals surface area (Å²) in [6, 6.07) is 10.3. The lowest BCUT2D eigenvalue weighted by Crippen LogP contribution is -1.83. The third-order valence-corrected chi connectivity index (χ3v) is 5.75. The van der Waals surface area contributed by atoms with Crippen LogP contribution in [0, 0.1) is 0 Å². The molecule has 6 rings (SSSR count). The van der Waals surface area contributed by atoms with Crippen LogP contribution in [0.3, 0.4) is 0 Å². The van der Waals surface area contributed by atoms with Gasteiger partial charge in [-0.15, -0.1) is 0 Å². The van der Waals surface area contributed by atoms with Crippen LogP contribution in [-0.4, -0.2) is 30.1 Å². The molecule has 0 unspecified atom stereocenters. The van der Waals surface area contributed by atoms with Crippen LogP contribution < -0.4 is 0 Å². The molecule has 138 valence electrons. The molecule has 2 N–H and O–H groups in total. The number of fused-ring (bicyclic) bond motifs is 2. The van der Waals surface area contributed by atoms with Gasteiger partial charge in [-0.1, -0.05) is 0 Å². The number of rotatable bonds is 3. The number of aromatic nitrogens is 6. The van der Waals surface area contributed by atoms with Crippen molar-refractivity contribution < 1.29 is 0 Å². The van der Waals surface area contributed by atoms with Crippen molar-refractivity contribution in [2.75, 3.05) is 0 Å². The van der Waals surface area contributed by atoms with E-state index in [2.05, 4.69) is 59.1 Å². The van der Waals surface area contributed by atoms with Crippen LogP contribution in [0.25, 0.3) is 55.6 Å². The summed E-state index contributed by atoms with van der Waals surface area (Å²) in [5.41, 5.74) is 7.94. The van der Waals surface area contributed by atoms with Crippen molar-refractivity contribution in [2.45, 2.75) is 0 Å². The first-order valence-corrected chi connectivity index (χ1v) is 10.1. The molecule has 0 aliphatic carbocycles. The van der Waals surface area contributed by atoms with Gasteiger partial charge < -0.3 is 4.98 Å². The van der Waals surface area contributed by atoms with Gasteiger partial charge in [0, 0.05) is 46.7 Å². The summed E-state index contributed by atoms with van der Waals surface area (Å²) in [7, 11) is 0. The molecule has 29 heavy (non-hydrogen) atoms. The van der Waals surface area contributed by atoms with Gasteiger partial charge in [0.1, 0.15) is 0 Å². The van der Waals surface area contributed by atoms with E-state index in [-0.39, 0.29) is 0 Å². The lowest BCUT2D eigenvalue weighted by molar-refractivity contribution is 1.10. The van der Waals surface area contributed by atoms with Crippen LogP contribution in [0.2, 0.25) is 0 Å². The third-order valence-electron chi connectivity index (χ3n) is 5.07. The summed E-state index contributed by atoms with van der Waals surface area (Å²) in [5, 5.41) is 13.9. The van der Waals surface area contributed by atoms with Gasteiger partial charge >= 0.3 is 0 Å². The molecule has 0 amide bonds. The smallest absolute Gasteiger partial charge is 0.181 e. The predicted octanol–water partition coefficient (Wildman–Crippen LogP) is 5.29. The van der Waals surface area contributed by atoms with E-state index in [1.807, 2.05) is 30.7 Å². The second-order valence-electron chi connectivity index (χ2n) is 6.77. The van der Waals surface area contributed by atoms with Gasteiger partial charge in [0.15, 0.2) is 5.65 Å². The highest BCUT2D eigenvalue weighted by molar-refractivity contribution is 7.08. The Morgan fingerprint density at radius 2 is 1.76 bits per heavy atom. The molecule has 0 bridgehead atoms. The molecule has 6 aromatic rings. The molecule has 0 aliphatic heterocycles. The predicted molar refractivity (Wildman–Crippen MR) is 116 cm³/mol. The normalized spacial score (nSPS) is 11.4. The van der Waals surface area contributed by atoms with Crippen LogP contribution >= 0.6 is 11.3 Å². The number of H-pyrrole nitrogens is 2. The lowest BCUT2D eigenvalue weighted by atomic mass is 10.1. The zero-order chi connectivity index (χ0) is 19.2. The Bertz CT molecular complexity index is 1450. The third kappa shape index (κ3) is 2.63. The molecule has 0 aromatic carbocycles. The largest absolute Gasteiger partial charge is 0.352 e. The zero-order valence-electron chi connectivity index (χ0n) is 15.1. The average Bonchev–Trinajstić information content (AvgIpc) is 3.52. The summed E-state index contributed by atoms with van der Waals surface area (Å²) in [4.78, 5) is 16.5. The molecule has 0 radical (unpaired) electrons. The second-order valence-corrected chi connectivity index (χ2v) is 7.55. The Morgan fingerprint density at radius 1 is 0.828 bits per heavy atom. The van der Waals surface area contributed by atoms with Crippen molar-refractivity contribution in [3.05, 3.63) is 72.1 Å². The first-order valence-electron chi connectivity index (χ1n) is 9.11. The van der Waals surface area contributed by atoms with Gasteiger partial charge in [0.2, 0.25) is 0 Å². The van der Waals surface area contributed by atoms with Crippen molar-refractivity contribution in [2.24, 2.45) is 0 Å². The molecule has 7 heteroatoms. The number of nitrogens with one attached hydrogen (secondary N) is 2. The molecule has 0 spiro atoms. The molecule has 0 fully saturated rings. The van der Waals surface area contributed by atoms with Crippen molar-refractivity contribution in [3.8, 4) is 33.6 Å². The maximum atomic E-state index is 4.53. The minimum absolute atomic E-state index is 0.688. The van der Waals surface area contributed by atoms with Crippen LogP contribution in [0.15, 0.2) is 72.1 Å². The van der Waals surface area contributed by atoms with Crippen molar-refractivity contribution in [1.82, 2.24) is 30.1 Å². The van der Waals surface area contributed by atoms with Crippen molar-refractivity contribution in [1.29, 1.82) is 0 Å². The molecule has 6 heterocycles. The summed E-state index contributed by atoms with van der Waals surface area (Å²) in [6.07, 6.45) is 9.18. The number of nitrogens with zero attached hydrogens (tertiary/aromatic N) is 4. The number of aromatic amines is 2. The van der Waals surface area contributed by atoms with E-state index in [1.165, 1.54) is 5.56 Å². The Morgan fingerprint density at radius 3 is 2.62 bits per heavy atom. The topological polar surface area (TPSA) is 83.1 Å². The van der Waals surface area contributed by atoms with Gasteiger partial charge in [0.25, 0.3) is 0 Å². The Hall–Kier alpha value is -3.84. The molecule has 0 aliphatic rings. The summed E-state index contributed by atoms with van der Waals surface area (Å²) in [6.45, 7) is 0. The molecular weight excluding hydrogens is 380 g/mol. The zero-order valence-corrected chi connectivity index (χ0v) is 15.9. The molecule has 0 saturated carbocycles. The van der Waals surface area contributed by atoms with E-state index < -0.39 is 0 Å². The lowest BCUT2D eigenvalue weighted by Gasteiger charge is -2.01. The monoisotopic (exact) mass is 394 g/mol. The Labute approximate surface area is 169 Å². The number of hydrogen-bond donors (Lipinski definition) is 2. The Balaban J connectivity index is 1.53.